The summed E-state index contributed by atoms with van der Waals surface area (Å²) in [7, 11) is 0. The standard InChI is InChI=1S/C20H27N5O/c1-2-17-5-7-18(8-6-17)19(26)21-11-4-12-24-13-15-25(16-14-24)20-22-9-3-10-23-20/h3,5-10H,2,4,11-16H2,1H3,(H,21,26). The minimum atomic E-state index is 0.0127. The van der Waals surface area contributed by atoms with E-state index in [9.17, 15) is 4.79 Å². The molecule has 0 atom stereocenters. The van der Waals surface area contributed by atoms with Gasteiger partial charge < -0.3 is 10.2 Å². The van der Waals surface area contributed by atoms with Gasteiger partial charge in [0.25, 0.3) is 5.91 Å². The molecule has 1 aliphatic heterocycles. The van der Waals surface area contributed by atoms with Gasteiger partial charge in [-0.1, -0.05) is 19.1 Å². The number of piperazine rings is 1. The molecule has 0 saturated carbocycles. The number of hydrogen-bond acceptors (Lipinski definition) is 5. The molecule has 26 heavy (non-hydrogen) atoms. The second-order valence-corrected chi connectivity index (χ2v) is 6.54. The van der Waals surface area contributed by atoms with Crippen LogP contribution in [0.3, 0.4) is 0 Å². The highest BCUT2D eigenvalue weighted by molar-refractivity contribution is 5.94. The smallest absolute Gasteiger partial charge is 0.251 e. The highest BCUT2D eigenvalue weighted by Gasteiger charge is 2.18. The fourth-order valence-electron chi connectivity index (χ4n) is 3.12. The molecule has 1 aliphatic rings. The Morgan fingerprint density at radius 2 is 1.77 bits per heavy atom. The highest BCUT2D eigenvalue weighted by atomic mass is 16.1. The molecule has 2 heterocycles. The maximum atomic E-state index is 12.2. The molecule has 3 rings (SSSR count). The number of carbonyl (C=O) groups excluding carboxylic acids is 1. The van der Waals surface area contributed by atoms with Gasteiger partial charge in [0.15, 0.2) is 0 Å². The summed E-state index contributed by atoms with van der Waals surface area (Å²) in [4.78, 5) is 25.4. The van der Waals surface area contributed by atoms with Crippen molar-refractivity contribution < 1.29 is 4.79 Å². The van der Waals surface area contributed by atoms with Gasteiger partial charge in [-0.2, -0.15) is 0 Å². The molecule has 6 nitrogen and oxygen atoms in total. The summed E-state index contributed by atoms with van der Waals surface area (Å²) >= 11 is 0. The third kappa shape index (κ3) is 5.02. The number of aromatic nitrogens is 2. The number of rotatable bonds is 7. The molecular formula is C20H27N5O. The molecule has 1 aromatic carbocycles. The van der Waals surface area contributed by atoms with Gasteiger partial charge in [0, 0.05) is 50.7 Å². The van der Waals surface area contributed by atoms with Crippen LogP contribution in [0.2, 0.25) is 0 Å². The Labute approximate surface area is 155 Å². The fraction of sp³-hybridized carbons (Fsp3) is 0.450. The van der Waals surface area contributed by atoms with Crippen molar-refractivity contribution in [3.05, 3.63) is 53.9 Å². The largest absolute Gasteiger partial charge is 0.352 e. The summed E-state index contributed by atoms with van der Waals surface area (Å²) in [5.41, 5.74) is 1.99. The molecule has 2 aromatic rings. The number of amides is 1. The van der Waals surface area contributed by atoms with Crippen molar-refractivity contribution in [2.24, 2.45) is 0 Å². The van der Waals surface area contributed by atoms with Crippen LogP contribution in [0.4, 0.5) is 5.95 Å². The number of benzene rings is 1. The Hall–Kier alpha value is -2.47. The maximum Gasteiger partial charge on any atom is 0.251 e. The van der Waals surface area contributed by atoms with Crippen LogP contribution in [0.5, 0.6) is 0 Å². The van der Waals surface area contributed by atoms with Crippen molar-refractivity contribution in [2.75, 3.05) is 44.2 Å². The van der Waals surface area contributed by atoms with E-state index in [0.29, 0.717) is 6.54 Å². The Morgan fingerprint density at radius 3 is 2.42 bits per heavy atom. The minimum Gasteiger partial charge on any atom is -0.352 e. The maximum absolute atomic E-state index is 12.2. The van der Waals surface area contributed by atoms with Gasteiger partial charge >= 0.3 is 0 Å². The van der Waals surface area contributed by atoms with Crippen molar-refractivity contribution >= 4 is 11.9 Å². The Morgan fingerprint density at radius 1 is 1.08 bits per heavy atom. The first kappa shape index (κ1) is 18.3. The van der Waals surface area contributed by atoms with Crippen molar-refractivity contribution in [2.45, 2.75) is 19.8 Å². The first-order valence-corrected chi connectivity index (χ1v) is 9.37. The summed E-state index contributed by atoms with van der Waals surface area (Å²) in [6.45, 7) is 7.71. The molecule has 1 amide bonds. The van der Waals surface area contributed by atoms with Gasteiger partial charge in [0.2, 0.25) is 5.95 Å². The molecule has 138 valence electrons. The van der Waals surface area contributed by atoms with Gasteiger partial charge in [-0.15, -0.1) is 0 Å². The number of aryl methyl sites for hydroxylation is 1. The molecule has 1 aromatic heterocycles. The zero-order valence-corrected chi connectivity index (χ0v) is 15.4. The molecule has 0 radical (unpaired) electrons. The average Bonchev–Trinajstić information content (AvgIpc) is 2.72. The molecule has 0 spiro atoms. The van der Waals surface area contributed by atoms with Crippen LogP contribution in [-0.2, 0) is 6.42 Å². The van der Waals surface area contributed by atoms with E-state index in [1.807, 2.05) is 30.3 Å². The first-order chi connectivity index (χ1) is 12.8. The van der Waals surface area contributed by atoms with Gasteiger partial charge in [-0.3, -0.25) is 9.69 Å². The second-order valence-electron chi connectivity index (χ2n) is 6.54. The number of hydrogen-bond donors (Lipinski definition) is 1. The highest BCUT2D eigenvalue weighted by Crippen LogP contribution is 2.10. The van der Waals surface area contributed by atoms with Gasteiger partial charge in [-0.25, -0.2) is 9.97 Å². The average molecular weight is 353 g/mol. The number of nitrogens with zero attached hydrogens (tertiary/aromatic N) is 4. The SMILES string of the molecule is CCc1ccc(C(=O)NCCCN2CCN(c3ncccn3)CC2)cc1. The van der Waals surface area contributed by atoms with E-state index in [1.54, 1.807) is 12.4 Å². The quantitative estimate of drug-likeness (QED) is 0.771. The first-order valence-electron chi connectivity index (χ1n) is 9.37. The summed E-state index contributed by atoms with van der Waals surface area (Å²) in [5, 5.41) is 3.01. The summed E-state index contributed by atoms with van der Waals surface area (Å²) in [6.07, 6.45) is 5.52. The molecule has 0 unspecified atom stereocenters. The lowest BCUT2D eigenvalue weighted by atomic mass is 10.1. The van der Waals surface area contributed by atoms with Crippen LogP contribution in [0.1, 0.15) is 29.3 Å². The molecule has 0 aliphatic carbocycles. The Kier molecular flexibility index (Phi) is 6.55. The van der Waals surface area contributed by atoms with E-state index < -0.39 is 0 Å². The van der Waals surface area contributed by atoms with Crippen LogP contribution in [0.25, 0.3) is 0 Å². The van der Waals surface area contributed by atoms with Crippen LogP contribution < -0.4 is 10.2 Å². The van der Waals surface area contributed by atoms with E-state index in [1.165, 1.54) is 5.56 Å². The van der Waals surface area contributed by atoms with E-state index in [4.69, 9.17) is 0 Å². The van der Waals surface area contributed by atoms with Gasteiger partial charge in [0.05, 0.1) is 0 Å². The van der Waals surface area contributed by atoms with Gasteiger partial charge in [-0.05, 0) is 43.1 Å². The molecule has 1 fully saturated rings. The van der Waals surface area contributed by atoms with Crippen LogP contribution in [-0.4, -0.2) is 60.0 Å². The lowest BCUT2D eigenvalue weighted by Crippen LogP contribution is -2.47. The molecular weight excluding hydrogens is 326 g/mol. The predicted octanol–water partition coefficient (Wildman–Crippen LogP) is 1.98. The third-order valence-corrected chi connectivity index (χ3v) is 4.77. The second kappa shape index (κ2) is 9.29. The fourth-order valence-corrected chi connectivity index (χ4v) is 3.12. The lowest BCUT2D eigenvalue weighted by molar-refractivity contribution is 0.0951. The van der Waals surface area contributed by atoms with Crippen LogP contribution in [0.15, 0.2) is 42.7 Å². The zero-order chi connectivity index (χ0) is 18.2. The van der Waals surface area contributed by atoms with E-state index >= 15 is 0 Å². The topological polar surface area (TPSA) is 61.4 Å². The monoisotopic (exact) mass is 353 g/mol. The predicted molar refractivity (Wildman–Crippen MR) is 103 cm³/mol. The summed E-state index contributed by atoms with van der Waals surface area (Å²) < 4.78 is 0. The molecule has 1 saturated heterocycles. The van der Waals surface area contributed by atoms with E-state index in [-0.39, 0.29) is 5.91 Å². The van der Waals surface area contributed by atoms with Crippen molar-refractivity contribution in [1.82, 2.24) is 20.2 Å². The summed E-state index contributed by atoms with van der Waals surface area (Å²) in [6, 6.07) is 9.68. The normalized spacial score (nSPS) is 15.0. The Bertz CT molecular complexity index is 681. The van der Waals surface area contributed by atoms with E-state index in [0.717, 1.165) is 57.1 Å². The van der Waals surface area contributed by atoms with E-state index in [2.05, 4.69) is 32.0 Å². The third-order valence-electron chi connectivity index (χ3n) is 4.77. The number of carbonyl (C=O) groups is 1. The minimum absolute atomic E-state index is 0.0127. The molecule has 6 heteroatoms. The molecule has 1 N–H and O–H groups in total. The number of nitrogens with one attached hydrogen (secondary N) is 1. The zero-order valence-electron chi connectivity index (χ0n) is 15.4. The Balaban J connectivity index is 1.33. The van der Waals surface area contributed by atoms with Crippen molar-refractivity contribution in [3.8, 4) is 0 Å². The van der Waals surface area contributed by atoms with Crippen molar-refractivity contribution in [3.63, 3.8) is 0 Å². The summed E-state index contributed by atoms with van der Waals surface area (Å²) in [5.74, 6) is 0.826. The van der Waals surface area contributed by atoms with Gasteiger partial charge in [0.1, 0.15) is 0 Å². The molecule has 0 bridgehead atoms. The lowest BCUT2D eigenvalue weighted by Gasteiger charge is -2.34. The van der Waals surface area contributed by atoms with Crippen LogP contribution in [0, 0.1) is 0 Å². The van der Waals surface area contributed by atoms with Crippen molar-refractivity contribution in [1.29, 1.82) is 0 Å². The van der Waals surface area contributed by atoms with Crippen LogP contribution >= 0.6 is 0 Å². The number of anilines is 1.